The minimum absolute atomic E-state index is 0.0241. The predicted molar refractivity (Wildman–Crippen MR) is 66.8 cm³/mol. The van der Waals surface area contributed by atoms with Crippen LogP contribution in [0.15, 0.2) is 0 Å². The van der Waals surface area contributed by atoms with Crippen molar-refractivity contribution in [1.29, 1.82) is 0 Å². The topological polar surface area (TPSA) is 59.5 Å². The molecule has 1 amide bonds. The van der Waals surface area contributed by atoms with E-state index in [2.05, 4.69) is 4.98 Å². The van der Waals surface area contributed by atoms with Gasteiger partial charge in [-0.2, -0.15) is 0 Å². The van der Waals surface area contributed by atoms with Gasteiger partial charge in [-0.25, -0.2) is 4.98 Å². The molecule has 0 aromatic carbocycles. The van der Waals surface area contributed by atoms with Crippen LogP contribution in [0.5, 0.6) is 0 Å². The minimum Gasteiger partial charge on any atom is -0.384 e. The average Bonchev–Trinajstić information content (AvgIpc) is 2.67. The van der Waals surface area contributed by atoms with Crippen LogP contribution in [0.25, 0.3) is 0 Å². The molecule has 0 saturated carbocycles. The van der Waals surface area contributed by atoms with Gasteiger partial charge in [-0.15, -0.1) is 0 Å². The summed E-state index contributed by atoms with van der Waals surface area (Å²) in [4.78, 5) is 29.3. The van der Waals surface area contributed by atoms with Crippen LogP contribution in [0.3, 0.4) is 0 Å². The molecule has 0 unspecified atom stereocenters. The summed E-state index contributed by atoms with van der Waals surface area (Å²) in [6.07, 6.45) is 0.307. The zero-order valence-electron chi connectivity index (χ0n) is 10.4. The molecule has 1 rings (SSSR count). The van der Waals surface area contributed by atoms with E-state index in [9.17, 15) is 9.59 Å². The smallest absolute Gasteiger partial charge is 0.230 e. The Labute approximate surface area is 104 Å². The van der Waals surface area contributed by atoms with E-state index >= 15 is 0 Å². The summed E-state index contributed by atoms with van der Waals surface area (Å²) in [5.74, 6) is -0.0975. The number of carbonyl (C=O) groups excluding carboxylic acids is 2. The fourth-order valence-electron chi connectivity index (χ4n) is 1.32. The number of aromatic nitrogens is 1. The summed E-state index contributed by atoms with van der Waals surface area (Å²) >= 11 is 1.24. The van der Waals surface area contributed by atoms with E-state index in [1.807, 2.05) is 0 Å². The van der Waals surface area contributed by atoms with Gasteiger partial charge in [0, 0.05) is 21.1 Å². The molecular weight excluding hydrogens is 240 g/mol. The van der Waals surface area contributed by atoms with Gasteiger partial charge in [0.05, 0.1) is 23.6 Å². The highest BCUT2D eigenvalue weighted by molar-refractivity contribution is 7.17. The zero-order valence-corrected chi connectivity index (χ0v) is 11.3. The van der Waals surface area contributed by atoms with Crippen LogP contribution >= 0.6 is 11.3 Å². The van der Waals surface area contributed by atoms with Gasteiger partial charge in [0.1, 0.15) is 0 Å². The molecule has 5 nitrogen and oxygen atoms in total. The molecule has 0 spiro atoms. The second-order valence-corrected chi connectivity index (χ2v) is 4.64. The number of Topliss-reactive ketones (excluding diaryl/α,β-unsaturated/α-hetero) is 1. The predicted octanol–water partition coefficient (Wildman–Crippen LogP) is 1.65. The van der Waals surface area contributed by atoms with Gasteiger partial charge in [0.15, 0.2) is 10.9 Å². The van der Waals surface area contributed by atoms with Crippen LogP contribution in [0.2, 0.25) is 0 Å². The van der Waals surface area contributed by atoms with Crippen molar-refractivity contribution in [3.05, 3.63) is 10.6 Å². The fourth-order valence-corrected chi connectivity index (χ4v) is 2.26. The summed E-state index contributed by atoms with van der Waals surface area (Å²) in [6.45, 7) is 3.65. The van der Waals surface area contributed by atoms with Gasteiger partial charge in [-0.3, -0.25) is 14.5 Å². The molecule has 0 aliphatic carbocycles. The summed E-state index contributed by atoms with van der Waals surface area (Å²) in [5, 5.41) is 0.550. The van der Waals surface area contributed by atoms with Gasteiger partial charge >= 0.3 is 0 Å². The molecule has 1 aromatic heterocycles. The molecule has 6 heteroatoms. The Morgan fingerprint density at radius 3 is 2.59 bits per heavy atom. The molecule has 0 saturated heterocycles. The third-order valence-corrected chi connectivity index (χ3v) is 3.62. The molecule has 1 heterocycles. The minimum atomic E-state index is -0.0734. The van der Waals surface area contributed by atoms with E-state index in [4.69, 9.17) is 4.74 Å². The van der Waals surface area contributed by atoms with Crippen molar-refractivity contribution in [2.75, 3.05) is 25.7 Å². The van der Waals surface area contributed by atoms with Gasteiger partial charge < -0.3 is 4.74 Å². The lowest BCUT2D eigenvalue weighted by Gasteiger charge is -2.12. The Morgan fingerprint density at radius 2 is 2.12 bits per heavy atom. The number of nitrogens with zero attached hydrogens (tertiary/aromatic N) is 2. The Bertz CT molecular complexity index is 428. The van der Waals surface area contributed by atoms with Crippen molar-refractivity contribution < 1.29 is 14.3 Å². The quantitative estimate of drug-likeness (QED) is 0.752. The van der Waals surface area contributed by atoms with Crippen molar-refractivity contribution in [3.8, 4) is 0 Å². The average molecular weight is 256 g/mol. The van der Waals surface area contributed by atoms with E-state index < -0.39 is 0 Å². The summed E-state index contributed by atoms with van der Waals surface area (Å²) in [6, 6.07) is 0. The number of thiazole rings is 1. The lowest BCUT2D eigenvalue weighted by molar-refractivity contribution is -0.119. The highest BCUT2D eigenvalue weighted by atomic mass is 32.1. The van der Waals surface area contributed by atoms with E-state index in [-0.39, 0.29) is 11.7 Å². The maximum atomic E-state index is 11.7. The summed E-state index contributed by atoms with van der Waals surface area (Å²) in [7, 11) is 3.20. The third-order valence-electron chi connectivity index (χ3n) is 2.29. The maximum Gasteiger partial charge on any atom is 0.230 e. The zero-order chi connectivity index (χ0) is 13.0. The molecular formula is C11H16N2O3S. The molecule has 0 aliphatic rings. The van der Waals surface area contributed by atoms with Crippen LogP contribution in [0.4, 0.5) is 5.13 Å². The molecule has 1 aromatic rings. The number of rotatable bonds is 5. The first kappa shape index (κ1) is 13.8. The van der Waals surface area contributed by atoms with Crippen LogP contribution in [-0.2, 0) is 9.53 Å². The molecule has 17 heavy (non-hydrogen) atoms. The number of hydrogen-bond acceptors (Lipinski definition) is 5. The monoisotopic (exact) mass is 256 g/mol. The van der Waals surface area contributed by atoms with Crippen molar-refractivity contribution in [1.82, 2.24) is 4.98 Å². The highest BCUT2D eigenvalue weighted by Crippen LogP contribution is 2.25. The van der Waals surface area contributed by atoms with Gasteiger partial charge in [-0.1, -0.05) is 11.3 Å². The standard InChI is InChI=1S/C11H16N2O3S/c1-7-10(8(2)14)17-11(12-7)13(3)9(15)5-6-16-4/h5-6H2,1-4H3. The van der Waals surface area contributed by atoms with E-state index in [1.165, 1.54) is 23.2 Å². The molecule has 0 aliphatic heterocycles. The van der Waals surface area contributed by atoms with E-state index in [1.54, 1.807) is 21.1 Å². The number of hydrogen-bond donors (Lipinski definition) is 0. The van der Waals surface area contributed by atoms with Crippen LogP contribution in [0, 0.1) is 6.92 Å². The maximum absolute atomic E-state index is 11.7. The lowest BCUT2D eigenvalue weighted by atomic mass is 10.3. The number of carbonyl (C=O) groups is 2. The third kappa shape index (κ3) is 3.34. The molecule has 0 fully saturated rings. The molecule has 0 atom stereocenters. The number of anilines is 1. The lowest BCUT2D eigenvalue weighted by Crippen LogP contribution is -2.26. The normalized spacial score (nSPS) is 10.4. The first-order valence-electron chi connectivity index (χ1n) is 5.21. The van der Waals surface area contributed by atoms with Crippen molar-refractivity contribution in [2.45, 2.75) is 20.3 Å². The number of ketones is 1. The Kier molecular flexibility index (Phi) is 4.77. The number of amides is 1. The summed E-state index contributed by atoms with van der Waals surface area (Å²) < 4.78 is 4.85. The van der Waals surface area contributed by atoms with Crippen LogP contribution in [-0.4, -0.2) is 37.4 Å². The molecule has 94 valence electrons. The second-order valence-electron chi connectivity index (χ2n) is 3.66. The largest absolute Gasteiger partial charge is 0.384 e. The van der Waals surface area contributed by atoms with Gasteiger partial charge in [-0.05, 0) is 6.92 Å². The van der Waals surface area contributed by atoms with E-state index in [0.29, 0.717) is 28.7 Å². The van der Waals surface area contributed by atoms with E-state index in [0.717, 1.165) is 0 Å². The summed E-state index contributed by atoms with van der Waals surface area (Å²) in [5.41, 5.74) is 0.670. The first-order chi connectivity index (χ1) is 7.97. The number of ether oxygens (including phenoxy) is 1. The van der Waals surface area contributed by atoms with Crippen LogP contribution < -0.4 is 4.90 Å². The Balaban J connectivity index is 2.82. The molecule has 0 N–H and O–H groups in total. The fraction of sp³-hybridized carbons (Fsp3) is 0.545. The van der Waals surface area contributed by atoms with Gasteiger partial charge in [0.25, 0.3) is 0 Å². The Hall–Kier alpha value is -1.27. The number of aryl methyl sites for hydroxylation is 1. The van der Waals surface area contributed by atoms with Crippen LogP contribution in [0.1, 0.15) is 28.7 Å². The first-order valence-corrected chi connectivity index (χ1v) is 6.03. The second kappa shape index (κ2) is 5.88. The molecule has 0 radical (unpaired) electrons. The highest BCUT2D eigenvalue weighted by Gasteiger charge is 2.18. The van der Waals surface area contributed by atoms with Crippen molar-refractivity contribution in [2.24, 2.45) is 0 Å². The SMILES string of the molecule is COCCC(=O)N(C)c1nc(C)c(C(C)=O)s1. The molecule has 0 bridgehead atoms. The Morgan fingerprint density at radius 1 is 1.47 bits per heavy atom. The van der Waals surface area contributed by atoms with Gasteiger partial charge in [0.2, 0.25) is 5.91 Å². The van der Waals surface area contributed by atoms with Crippen molar-refractivity contribution >= 4 is 28.2 Å². The van der Waals surface area contributed by atoms with Crippen molar-refractivity contribution in [3.63, 3.8) is 0 Å². The number of methoxy groups -OCH3 is 1.